The molecule has 0 radical (unpaired) electrons. The highest BCUT2D eigenvalue weighted by atomic mass is 19.4. The van der Waals surface area contributed by atoms with Crippen LogP contribution < -0.4 is 10.2 Å². The van der Waals surface area contributed by atoms with Crippen molar-refractivity contribution in [1.29, 1.82) is 0 Å². The van der Waals surface area contributed by atoms with Gasteiger partial charge in [-0.25, -0.2) is 0 Å². The molecule has 2 heterocycles. The highest BCUT2D eigenvalue weighted by molar-refractivity contribution is 5.95. The fourth-order valence-electron chi connectivity index (χ4n) is 5.07. The van der Waals surface area contributed by atoms with Gasteiger partial charge in [-0.2, -0.15) is 13.2 Å². The standard InChI is InChI=1S/C29H37F3N4O/c1-3-5-7-21(4-2)28(37)34-24-10-11-27-26(19-24)22(20-33-27)12-13-35-14-16-36(17-15-35)25-9-6-8-23(18-25)29(30,31)32/h6,8-11,18-21,33H,3-5,7,12-17H2,1-2H3,(H,34,37). The first kappa shape index (κ1) is 27.0. The molecule has 4 rings (SSSR count). The molecule has 37 heavy (non-hydrogen) atoms. The number of hydrogen-bond donors (Lipinski definition) is 2. The van der Waals surface area contributed by atoms with Crippen LogP contribution in [0.2, 0.25) is 0 Å². The molecule has 1 aromatic heterocycles. The average molecular weight is 515 g/mol. The maximum Gasteiger partial charge on any atom is 0.416 e. The molecule has 200 valence electrons. The van der Waals surface area contributed by atoms with E-state index in [2.05, 4.69) is 35.1 Å². The Bertz CT molecular complexity index is 1180. The lowest BCUT2D eigenvalue weighted by Crippen LogP contribution is -2.47. The summed E-state index contributed by atoms with van der Waals surface area (Å²) < 4.78 is 39.2. The van der Waals surface area contributed by atoms with E-state index in [4.69, 9.17) is 0 Å². The second kappa shape index (κ2) is 12.0. The van der Waals surface area contributed by atoms with Crippen molar-refractivity contribution < 1.29 is 18.0 Å². The third-order valence-corrected chi connectivity index (χ3v) is 7.41. The summed E-state index contributed by atoms with van der Waals surface area (Å²) in [4.78, 5) is 20.5. The number of aromatic amines is 1. The largest absolute Gasteiger partial charge is 0.416 e. The Morgan fingerprint density at radius 3 is 2.57 bits per heavy atom. The molecule has 1 aliphatic heterocycles. The van der Waals surface area contributed by atoms with Crippen molar-refractivity contribution in [2.24, 2.45) is 5.92 Å². The van der Waals surface area contributed by atoms with E-state index in [1.165, 1.54) is 17.7 Å². The highest BCUT2D eigenvalue weighted by Gasteiger charge is 2.31. The summed E-state index contributed by atoms with van der Waals surface area (Å²) in [6.45, 7) is 8.07. The summed E-state index contributed by atoms with van der Waals surface area (Å²) >= 11 is 0. The Morgan fingerprint density at radius 1 is 1.08 bits per heavy atom. The number of aromatic nitrogens is 1. The number of alkyl halides is 3. The van der Waals surface area contributed by atoms with E-state index in [0.29, 0.717) is 18.8 Å². The molecule has 1 atom stereocenters. The van der Waals surface area contributed by atoms with Crippen molar-refractivity contribution >= 4 is 28.2 Å². The van der Waals surface area contributed by atoms with Gasteiger partial charge in [0, 0.05) is 67.1 Å². The van der Waals surface area contributed by atoms with Crippen LogP contribution in [0, 0.1) is 5.92 Å². The molecule has 3 aromatic rings. The minimum Gasteiger partial charge on any atom is -0.369 e. The molecule has 5 nitrogen and oxygen atoms in total. The predicted octanol–water partition coefficient (Wildman–Crippen LogP) is 6.71. The summed E-state index contributed by atoms with van der Waals surface area (Å²) in [5, 5.41) is 4.22. The lowest BCUT2D eigenvalue weighted by atomic mass is 9.98. The first-order chi connectivity index (χ1) is 17.8. The second-order valence-electron chi connectivity index (χ2n) is 9.94. The van der Waals surface area contributed by atoms with Crippen molar-refractivity contribution in [3.05, 3.63) is 59.8 Å². The Kier molecular flexibility index (Phi) is 8.79. The molecule has 1 unspecified atom stereocenters. The summed E-state index contributed by atoms with van der Waals surface area (Å²) in [6.07, 6.45) is 2.46. The molecule has 0 aliphatic carbocycles. The number of carbonyl (C=O) groups excluding carboxylic acids is 1. The zero-order valence-corrected chi connectivity index (χ0v) is 21.7. The van der Waals surface area contributed by atoms with Gasteiger partial charge < -0.3 is 15.2 Å². The van der Waals surface area contributed by atoms with Crippen molar-refractivity contribution in [3.63, 3.8) is 0 Å². The van der Waals surface area contributed by atoms with Crippen LogP contribution in [-0.4, -0.2) is 48.5 Å². The average Bonchev–Trinajstić information content (AvgIpc) is 3.30. The molecule has 1 aliphatic rings. The predicted molar refractivity (Wildman–Crippen MR) is 144 cm³/mol. The Hall–Kier alpha value is -3.00. The van der Waals surface area contributed by atoms with E-state index in [1.807, 2.05) is 23.2 Å². The van der Waals surface area contributed by atoms with Gasteiger partial charge in [0.15, 0.2) is 0 Å². The minimum absolute atomic E-state index is 0.0379. The number of nitrogens with zero attached hydrogens (tertiary/aromatic N) is 2. The van der Waals surface area contributed by atoms with Gasteiger partial charge in [-0.15, -0.1) is 0 Å². The number of amides is 1. The lowest BCUT2D eigenvalue weighted by molar-refractivity contribution is -0.137. The zero-order valence-electron chi connectivity index (χ0n) is 21.7. The smallest absolute Gasteiger partial charge is 0.369 e. The van der Waals surface area contributed by atoms with Crippen LogP contribution in [0.5, 0.6) is 0 Å². The topological polar surface area (TPSA) is 51.4 Å². The zero-order chi connectivity index (χ0) is 26.4. The number of H-pyrrole nitrogens is 1. The molecule has 1 saturated heterocycles. The second-order valence-corrected chi connectivity index (χ2v) is 9.94. The number of piperazine rings is 1. The number of unbranched alkanes of at least 4 members (excludes halogenated alkanes) is 1. The number of hydrogen-bond acceptors (Lipinski definition) is 3. The van der Waals surface area contributed by atoms with Gasteiger partial charge in [-0.05, 0) is 61.2 Å². The number of anilines is 2. The van der Waals surface area contributed by atoms with Gasteiger partial charge in [0.05, 0.1) is 5.56 Å². The first-order valence-electron chi connectivity index (χ1n) is 13.3. The van der Waals surface area contributed by atoms with E-state index >= 15 is 0 Å². The summed E-state index contributed by atoms with van der Waals surface area (Å²) in [6, 6.07) is 11.6. The molecule has 8 heteroatoms. The number of benzene rings is 2. The highest BCUT2D eigenvalue weighted by Crippen LogP contribution is 2.32. The Labute approximate surface area is 217 Å². The number of fused-ring (bicyclic) bond motifs is 1. The maximum absolute atomic E-state index is 13.1. The Morgan fingerprint density at radius 2 is 1.86 bits per heavy atom. The Balaban J connectivity index is 1.33. The fraction of sp³-hybridized carbons (Fsp3) is 0.483. The van der Waals surface area contributed by atoms with Crippen LogP contribution in [0.3, 0.4) is 0 Å². The number of nitrogens with one attached hydrogen (secondary N) is 2. The quantitative estimate of drug-likeness (QED) is 0.316. The molecular formula is C29H37F3N4O. The molecule has 1 fully saturated rings. The van der Waals surface area contributed by atoms with Crippen molar-refractivity contribution in [2.75, 3.05) is 42.9 Å². The van der Waals surface area contributed by atoms with Gasteiger partial charge in [-0.3, -0.25) is 9.69 Å². The van der Waals surface area contributed by atoms with E-state index in [9.17, 15) is 18.0 Å². The van der Waals surface area contributed by atoms with Crippen molar-refractivity contribution in [1.82, 2.24) is 9.88 Å². The van der Waals surface area contributed by atoms with Crippen LogP contribution in [0.25, 0.3) is 10.9 Å². The maximum atomic E-state index is 13.1. The van der Waals surface area contributed by atoms with Crippen LogP contribution >= 0.6 is 0 Å². The molecule has 0 saturated carbocycles. The van der Waals surface area contributed by atoms with E-state index in [-0.39, 0.29) is 11.8 Å². The first-order valence-corrected chi connectivity index (χ1v) is 13.3. The van der Waals surface area contributed by atoms with Gasteiger partial charge in [0.1, 0.15) is 0 Å². The molecule has 0 spiro atoms. The lowest BCUT2D eigenvalue weighted by Gasteiger charge is -2.36. The minimum atomic E-state index is -4.33. The van der Waals surface area contributed by atoms with Crippen LogP contribution in [0.4, 0.5) is 24.5 Å². The normalized spacial score (nSPS) is 15.8. The van der Waals surface area contributed by atoms with Crippen LogP contribution in [-0.2, 0) is 17.4 Å². The fourth-order valence-corrected chi connectivity index (χ4v) is 5.07. The summed E-state index contributed by atoms with van der Waals surface area (Å²) in [5.74, 6) is 0.127. The van der Waals surface area contributed by atoms with E-state index in [0.717, 1.165) is 74.4 Å². The summed E-state index contributed by atoms with van der Waals surface area (Å²) in [5.41, 5.74) is 3.09. The molecule has 1 amide bonds. The summed E-state index contributed by atoms with van der Waals surface area (Å²) in [7, 11) is 0. The molecular weight excluding hydrogens is 477 g/mol. The number of halogens is 3. The van der Waals surface area contributed by atoms with Gasteiger partial charge in [0.2, 0.25) is 5.91 Å². The molecule has 2 aromatic carbocycles. The SMILES string of the molecule is CCCCC(CC)C(=O)Nc1ccc2[nH]cc(CCN3CCN(c4cccc(C(F)(F)F)c4)CC3)c2c1. The van der Waals surface area contributed by atoms with E-state index < -0.39 is 11.7 Å². The third-order valence-electron chi connectivity index (χ3n) is 7.41. The molecule has 0 bridgehead atoms. The van der Waals surface area contributed by atoms with Gasteiger partial charge in [-0.1, -0.05) is 32.8 Å². The third kappa shape index (κ3) is 6.86. The van der Waals surface area contributed by atoms with Crippen molar-refractivity contribution in [3.8, 4) is 0 Å². The van der Waals surface area contributed by atoms with Crippen LogP contribution in [0.15, 0.2) is 48.7 Å². The van der Waals surface area contributed by atoms with Gasteiger partial charge >= 0.3 is 6.18 Å². The van der Waals surface area contributed by atoms with E-state index in [1.54, 1.807) is 6.07 Å². The molecule has 2 N–H and O–H groups in total. The monoisotopic (exact) mass is 514 g/mol. The van der Waals surface area contributed by atoms with Crippen molar-refractivity contribution in [2.45, 2.75) is 52.1 Å². The van der Waals surface area contributed by atoms with Crippen LogP contribution in [0.1, 0.15) is 50.7 Å². The number of rotatable bonds is 10. The number of carbonyl (C=O) groups is 1. The van der Waals surface area contributed by atoms with Gasteiger partial charge in [0.25, 0.3) is 0 Å².